The van der Waals surface area contributed by atoms with Crippen LogP contribution in [0.4, 0.5) is 5.82 Å². The molecular formula is C13H16ClN3O4. The molecule has 0 saturated carbocycles. The Labute approximate surface area is 126 Å². The molecule has 1 fully saturated rings. The van der Waals surface area contributed by atoms with Crippen molar-refractivity contribution in [3.8, 4) is 11.8 Å². The predicted molar refractivity (Wildman–Crippen MR) is 76.7 cm³/mol. The van der Waals surface area contributed by atoms with Crippen molar-refractivity contribution in [2.24, 2.45) is 0 Å². The highest BCUT2D eigenvalue weighted by Crippen LogP contribution is 2.43. The molecule has 7 nitrogen and oxygen atoms in total. The Bertz CT molecular complexity index is 666. The summed E-state index contributed by atoms with van der Waals surface area (Å²) < 4.78 is 6.70. The summed E-state index contributed by atoms with van der Waals surface area (Å²) in [6.45, 7) is 2.74. The molecule has 21 heavy (non-hydrogen) atoms. The minimum atomic E-state index is -1.56. The van der Waals surface area contributed by atoms with Crippen molar-refractivity contribution in [1.82, 2.24) is 9.55 Å². The number of ether oxygens (including phenoxy) is 1. The van der Waals surface area contributed by atoms with Gasteiger partial charge in [0.2, 0.25) is 0 Å². The lowest BCUT2D eigenvalue weighted by atomic mass is 9.99. The number of aryl methyl sites for hydroxylation is 1. The number of aliphatic hydroxyl groups excluding tert-OH is 2. The number of rotatable bonds is 2. The van der Waals surface area contributed by atoms with Crippen LogP contribution in [0.2, 0.25) is 0 Å². The molecule has 0 spiro atoms. The van der Waals surface area contributed by atoms with Crippen LogP contribution >= 0.6 is 11.6 Å². The van der Waals surface area contributed by atoms with Gasteiger partial charge in [-0.2, -0.15) is 4.98 Å². The minimum absolute atomic E-state index is 0.0766. The highest BCUT2D eigenvalue weighted by atomic mass is 35.5. The van der Waals surface area contributed by atoms with Crippen molar-refractivity contribution in [2.75, 3.05) is 12.3 Å². The van der Waals surface area contributed by atoms with Gasteiger partial charge in [-0.1, -0.05) is 17.5 Å². The molecule has 0 aromatic carbocycles. The first-order valence-corrected chi connectivity index (χ1v) is 6.65. The van der Waals surface area contributed by atoms with Crippen molar-refractivity contribution < 1.29 is 14.9 Å². The number of hydrogen-bond donors (Lipinski definition) is 3. The van der Waals surface area contributed by atoms with Gasteiger partial charge in [0, 0.05) is 5.69 Å². The lowest BCUT2D eigenvalue weighted by Gasteiger charge is -2.26. The molecule has 1 saturated heterocycles. The molecular weight excluding hydrogens is 298 g/mol. The number of hydrogen-bond acceptors (Lipinski definition) is 6. The molecule has 4 atom stereocenters. The van der Waals surface area contributed by atoms with E-state index < -0.39 is 35.6 Å². The van der Waals surface area contributed by atoms with E-state index in [1.54, 1.807) is 13.8 Å². The Kier molecular flexibility index (Phi) is 4.25. The van der Waals surface area contributed by atoms with E-state index in [1.165, 1.54) is 10.6 Å². The average Bonchev–Trinajstić information content (AvgIpc) is 2.63. The van der Waals surface area contributed by atoms with Gasteiger partial charge in [-0.05, 0) is 19.9 Å². The van der Waals surface area contributed by atoms with Gasteiger partial charge in [-0.3, -0.25) is 4.57 Å². The highest BCUT2D eigenvalue weighted by Gasteiger charge is 2.56. The summed E-state index contributed by atoms with van der Waals surface area (Å²) in [4.78, 5) is 14.2. The number of nitrogens with zero attached hydrogens (tertiary/aromatic N) is 2. The van der Waals surface area contributed by atoms with Crippen molar-refractivity contribution in [3.63, 3.8) is 0 Å². The largest absolute Gasteiger partial charge is 0.394 e. The number of halogens is 1. The lowest BCUT2D eigenvalue weighted by Crippen LogP contribution is -2.44. The van der Waals surface area contributed by atoms with E-state index in [2.05, 4.69) is 16.8 Å². The third-order valence-electron chi connectivity index (χ3n) is 3.34. The number of alkyl halides is 1. The van der Waals surface area contributed by atoms with Gasteiger partial charge in [0.25, 0.3) is 0 Å². The van der Waals surface area contributed by atoms with Crippen molar-refractivity contribution in [2.45, 2.75) is 37.2 Å². The van der Waals surface area contributed by atoms with Crippen LogP contribution in [-0.4, -0.2) is 43.5 Å². The maximum atomic E-state index is 12.1. The van der Waals surface area contributed by atoms with E-state index in [9.17, 15) is 15.0 Å². The second-order valence-corrected chi connectivity index (χ2v) is 5.40. The number of nitrogen functional groups attached to an aromatic ring is 1. The summed E-state index contributed by atoms with van der Waals surface area (Å²) in [5, 5.41) is 19.5. The van der Waals surface area contributed by atoms with Crippen LogP contribution in [0.25, 0.3) is 0 Å². The van der Waals surface area contributed by atoms with Crippen LogP contribution < -0.4 is 11.4 Å². The molecule has 1 aromatic heterocycles. The maximum Gasteiger partial charge on any atom is 0.351 e. The third kappa shape index (κ3) is 2.51. The topological polar surface area (TPSA) is 111 Å². The SMILES string of the molecule is CC#CC1(Cl)C(O)C(CO)OC1n1c(C)cc(N)nc1=O. The molecule has 1 aliphatic rings. The molecule has 114 valence electrons. The molecule has 2 rings (SSSR count). The molecule has 8 heteroatoms. The summed E-state index contributed by atoms with van der Waals surface area (Å²) in [5.41, 5.74) is 5.32. The third-order valence-corrected chi connectivity index (χ3v) is 3.85. The molecule has 0 radical (unpaired) electrons. The Balaban J connectivity index is 2.61. The quantitative estimate of drug-likeness (QED) is 0.496. The zero-order chi connectivity index (χ0) is 15.8. The minimum Gasteiger partial charge on any atom is -0.394 e. The van der Waals surface area contributed by atoms with Gasteiger partial charge in [-0.15, -0.1) is 5.92 Å². The van der Waals surface area contributed by atoms with Crippen molar-refractivity contribution >= 4 is 17.4 Å². The van der Waals surface area contributed by atoms with Gasteiger partial charge >= 0.3 is 5.69 Å². The van der Waals surface area contributed by atoms with Gasteiger partial charge in [0.15, 0.2) is 11.1 Å². The van der Waals surface area contributed by atoms with Gasteiger partial charge < -0.3 is 20.7 Å². The Morgan fingerprint density at radius 3 is 2.86 bits per heavy atom. The van der Waals surface area contributed by atoms with Crippen LogP contribution in [0, 0.1) is 18.8 Å². The monoisotopic (exact) mass is 313 g/mol. The van der Waals surface area contributed by atoms with Crippen LogP contribution in [0.3, 0.4) is 0 Å². The van der Waals surface area contributed by atoms with Crippen molar-refractivity contribution in [3.05, 3.63) is 22.2 Å². The molecule has 0 bridgehead atoms. The fraction of sp³-hybridized carbons (Fsp3) is 0.538. The van der Waals surface area contributed by atoms with Crippen LogP contribution in [0.5, 0.6) is 0 Å². The van der Waals surface area contributed by atoms with Gasteiger partial charge in [0.05, 0.1) is 6.61 Å². The summed E-state index contributed by atoms with van der Waals surface area (Å²) in [6, 6.07) is 1.49. The standard InChI is InChI=1S/C13H16ClN3O4/c1-3-4-13(14)10(19)8(6-18)21-11(13)17-7(2)5-9(15)16-12(17)20/h5,8,10-11,18-19H,6H2,1-2H3,(H2,15,16,20). The summed E-state index contributed by atoms with van der Waals surface area (Å²) in [7, 11) is 0. The number of aliphatic hydroxyl groups is 2. The Morgan fingerprint density at radius 1 is 1.67 bits per heavy atom. The van der Waals surface area contributed by atoms with E-state index in [0.717, 1.165) is 0 Å². The van der Waals surface area contributed by atoms with Crippen molar-refractivity contribution in [1.29, 1.82) is 0 Å². The number of nitrogens with two attached hydrogens (primary N) is 1. The predicted octanol–water partition coefficient (Wildman–Crippen LogP) is -0.615. The van der Waals surface area contributed by atoms with E-state index in [1.807, 2.05) is 0 Å². The molecule has 1 aromatic rings. The first kappa shape index (κ1) is 15.8. The second-order valence-electron chi connectivity index (χ2n) is 4.77. The van der Waals surface area contributed by atoms with Gasteiger partial charge in [-0.25, -0.2) is 4.79 Å². The van der Waals surface area contributed by atoms with Crippen LogP contribution in [0.1, 0.15) is 18.8 Å². The van der Waals surface area contributed by atoms with E-state index >= 15 is 0 Å². The normalized spacial score (nSPS) is 31.8. The van der Waals surface area contributed by atoms with Gasteiger partial charge in [0.1, 0.15) is 18.0 Å². The lowest BCUT2D eigenvalue weighted by molar-refractivity contribution is -0.0470. The first-order valence-electron chi connectivity index (χ1n) is 6.28. The maximum absolute atomic E-state index is 12.1. The molecule has 4 N–H and O–H groups in total. The van der Waals surface area contributed by atoms with E-state index in [0.29, 0.717) is 5.69 Å². The zero-order valence-corrected chi connectivity index (χ0v) is 12.3. The van der Waals surface area contributed by atoms with E-state index in [-0.39, 0.29) is 5.82 Å². The molecule has 1 aliphatic heterocycles. The molecule has 4 unspecified atom stereocenters. The van der Waals surface area contributed by atoms with E-state index in [4.69, 9.17) is 22.1 Å². The Hall–Kier alpha value is -1.59. The van der Waals surface area contributed by atoms with Crippen LogP contribution in [-0.2, 0) is 4.74 Å². The average molecular weight is 314 g/mol. The second kappa shape index (κ2) is 5.66. The Morgan fingerprint density at radius 2 is 2.33 bits per heavy atom. The molecule has 0 aliphatic carbocycles. The number of anilines is 1. The fourth-order valence-electron chi connectivity index (χ4n) is 2.39. The smallest absolute Gasteiger partial charge is 0.351 e. The first-order chi connectivity index (χ1) is 9.85. The van der Waals surface area contributed by atoms with Crippen LogP contribution in [0.15, 0.2) is 10.9 Å². The highest BCUT2D eigenvalue weighted by molar-refractivity contribution is 6.27. The molecule has 0 amide bonds. The summed E-state index contributed by atoms with van der Waals surface area (Å²) >= 11 is 6.40. The fourth-order valence-corrected chi connectivity index (χ4v) is 2.77. The zero-order valence-electron chi connectivity index (χ0n) is 11.6. The summed E-state index contributed by atoms with van der Waals surface area (Å²) in [5.74, 6) is 5.35. The summed E-state index contributed by atoms with van der Waals surface area (Å²) in [6.07, 6.45) is -3.29. The molecule has 2 heterocycles. The number of aromatic nitrogens is 2.